The highest BCUT2D eigenvalue weighted by Crippen LogP contribution is 2.31. The Kier molecular flexibility index (Phi) is 6.58. The van der Waals surface area contributed by atoms with Crippen LogP contribution in [0.2, 0.25) is 0 Å². The van der Waals surface area contributed by atoms with Crippen LogP contribution in [0, 0.1) is 0 Å². The number of carbonyl (C=O) groups is 3. The number of carbonyl (C=O) groups excluding carboxylic acids is 3. The maximum absolute atomic E-state index is 13.4. The molecular weight excluding hydrogens is 456 g/mol. The highest BCUT2D eigenvalue weighted by Gasteiger charge is 2.48. The van der Waals surface area contributed by atoms with Gasteiger partial charge in [0.05, 0.1) is 18.6 Å². The zero-order valence-corrected chi connectivity index (χ0v) is 19.1. The lowest BCUT2D eigenvalue weighted by Gasteiger charge is -2.33. The summed E-state index contributed by atoms with van der Waals surface area (Å²) in [7, 11) is -2.75. The van der Waals surface area contributed by atoms with Gasteiger partial charge in [-0.15, -0.1) is 0 Å². The molecule has 0 saturated carbocycles. The Morgan fingerprint density at radius 1 is 0.941 bits per heavy atom. The SMILES string of the molecule is COc1ccc(CNC(=O)CN2C(C(=O)c3ccccc3)C(=O)c3ccccc3S2(=O)=O)cc1. The number of ketones is 2. The van der Waals surface area contributed by atoms with Crippen molar-refractivity contribution < 1.29 is 27.5 Å². The summed E-state index contributed by atoms with van der Waals surface area (Å²) < 4.78 is 32.6. The first kappa shape index (κ1) is 23.3. The van der Waals surface area contributed by atoms with Crippen molar-refractivity contribution in [3.8, 4) is 5.75 Å². The third-order valence-electron chi connectivity index (χ3n) is 5.53. The fraction of sp³-hybridized carbons (Fsp3) is 0.160. The molecule has 1 unspecified atom stereocenters. The van der Waals surface area contributed by atoms with Gasteiger partial charge in [-0.05, 0) is 29.8 Å². The summed E-state index contributed by atoms with van der Waals surface area (Å²) >= 11 is 0. The lowest BCUT2D eigenvalue weighted by molar-refractivity contribution is -0.121. The van der Waals surface area contributed by atoms with Crippen LogP contribution in [0.4, 0.5) is 0 Å². The maximum Gasteiger partial charge on any atom is 0.245 e. The summed E-state index contributed by atoms with van der Waals surface area (Å²) in [5, 5.41) is 2.65. The molecule has 0 spiro atoms. The fourth-order valence-corrected chi connectivity index (χ4v) is 5.47. The molecule has 8 nitrogen and oxygen atoms in total. The molecule has 3 aromatic rings. The van der Waals surface area contributed by atoms with Crippen LogP contribution in [-0.4, -0.2) is 49.9 Å². The van der Waals surface area contributed by atoms with E-state index in [1.807, 2.05) is 0 Å². The largest absolute Gasteiger partial charge is 0.497 e. The van der Waals surface area contributed by atoms with E-state index in [1.54, 1.807) is 49.6 Å². The first-order chi connectivity index (χ1) is 16.3. The third-order valence-corrected chi connectivity index (χ3v) is 7.40. The normalized spacial score (nSPS) is 17.0. The van der Waals surface area contributed by atoms with Crippen molar-refractivity contribution in [1.29, 1.82) is 0 Å². The van der Waals surface area contributed by atoms with Gasteiger partial charge in [0, 0.05) is 17.7 Å². The Hall–Kier alpha value is -3.82. The Labute approximate surface area is 197 Å². The van der Waals surface area contributed by atoms with Crippen LogP contribution < -0.4 is 10.1 Å². The van der Waals surface area contributed by atoms with Crippen molar-refractivity contribution in [2.75, 3.05) is 13.7 Å². The summed E-state index contributed by atoms with van der Waals surface area (Å²) in [5.41, 5.74) is 0.889. The van der Waals surface area contributed by atoms with Crippen LogP contribution in [0.25, 0.3) is 0 Å². The molecule has 1 aliphatic rings. The van der Waals surface area contributed by atoms with E-state index in [2.05, 4.69) is 5.32 Å². The van der Waals surface area contributed by atoms with Gasteiger partial charge in [-0.1, -0.05) is 54.6 Å². The average Bonchev–Trinajstić information content (AvgIpc) is 2.87. The predicted molar refractivity (Wildman–Crippen MR) is 124 cm³/mol. The summed E-state index contributed by atoms with van der Waals surface area (Å²) in [6.07, 6.45) is 0. The molecule has 0 fully saturated rings. The van der Waals surface area contributed by atoms with E-state index in [1.165, 1.54) is 36.4 Å². The molecule has 9 heteroatoms. The van der Waals surface area contributed by atoms with Crippen molar-refractivity contribution in [3.05, 3.63) is 95.6 Å². The molecule has 0 radical (unpaired) electrons. The topological polar surface area (TPSA) is 110 Å². The van der Waals surface area contributed by atoms with Crippen molar-refractivity contribution in [2.45, 2.75) is 17.5 Å². The minimum absolute atomic E-state index is 0.0633. The minimum atomic E-state index is -4.29. The molecule has 1 N–H and O–H groups in total. The van der Waals surface area contributed by atoms with Gasteiger partial charge in [-0.25, -0.2) is 8.42 Å². The molecule has 34 heavy (non-hydrogen) atoms. The van der Waals surface area contributed by atoms with Crippen LogP contribution in [0.15, 0.2) is 83.8 Å². The second-order valence-corrected chi connectivity index (χ2v) is 9.53. The summed E-state index contributed by atoms with van der Waals surface area (Å²) in [6.45, 7) is -0.541. The standard InChI is InChI=1S/C25H22N2O6S/c1-33-19-13-11-17(12-14-19)15-26-22(28)16-27-23(24(29)18-7-3-2-4-8-18)25(30)20-9-5-6-10-21(20)34(27,31)32/h2-14,23H,15-16H2,1H3,(H,26,28). The first-order valence-electron chi connectivity index (χ1n) is 10.5. The number of ether oxygens (including phenoxy) is 1. The molecule has 1 amide bonds. The quantitative estimate of drug-likeness (QED) is 0.413. The van der Waals surface area contributed by atoms with E-state index in [0.717, 1.165) is 5.56 Å². The van der Waals surface area contributed by atoms with Crippen molar-refractivity contribution in [1.82, 2.24) is 9.62 Å². The van der Waals surface area contributed by atoms with Crippen LogP contribution >= 0.6 is 0 Å². The van der Waals surface area contributed by atoms with Gasteiger partial charge in [-0.2, -0.15) is 4.31 Å². The van der Waals surface area contributed by atoms with Gasteiger partial charge < -0.3 is 10.1 Å². The molecule has 1 atom stereocenters. The Morgan fingerprint density at radius 3 is 2.26 bits per heavy atom. The molecule has 0 saturated heterocycles. The molecule has 3 aromatic carbocycles. The predicted octanol–water partition coefficient (Wildman–Crippen LogP) is 2.45. The molecule has 0 aliphatic carbocycles. The van der Waals surface area contributed by atoms with Crippen molar-refractivity contribution in [2.24, 2.45) is 0 Å². The number of methoxy groups -OCH3 is 1. The molecule has 1 aliphatic heterocycles. The molecule has 174 valence electrons. The van der Waals surface area contributed by atoms with E-state index in [9.17, 15) is 22.8 Å². The smallest absolute Gasteiger partial charge is 0.245 e. The fourth-order valence-electron chi connectivity index (χ4n) is 3.77. The van der Waals surface area contributed by atoms with E-state index in [4.69, 9.17) is 4.74 Å². The van der Waals surface area contributed by atoms with Gasteiger partial charge in [0.15, 0.2) is 17.6 Å². The first-order valence-corrected chi connectivity index (χ1v) is 11.9. The van der Waals surface area contributed by atoms with Crippen molar-refractivity contribution in [3.63, 3.8) is 0 Å². The Bertz CT molecular complexity index is 1340. The third kappa shape index (κ3) is 4.48. The lowest BCUT2D eigenvalue weighted by atomic mass is 9.96. The highest BCUT2D eigenvalue weighted by molar-refractivity contribution is 7.89. The monoisotopic (exact) mass is 478 g/mol. The number of benzene rings is 3. The Morgan fingerprint density at radius 2 is 1.59 bits per heavy atom. The van der Waals surface area contributed by atoms with E-state index in [-0.39, 0.29) is 22.6 Å². The van der Waals surface area contributed by atoms with Crippen molar-refractivity contribution >= 4 is 27.5 Å². The molecule has 0 aromatic heterocycles. The number of hydrogen-bond donors (Lipinski definition) is 1. The Balaban J connectivity index is 1.63. The van der Waals surface area contributed by atoms with Gasteiger partial charge >= 0.3 is 0 Å². The van der Waals surface area contributed by atoms with Gasteiger partial charge in [0.25, 0.3) is 0 Å². The lowest BCUT2D eigenvalue weighted by Crippen LogP contribution is -2.56. The van der Waals surface area contributed by atoms with Gasteiger partial charge in [-0.3, -0.25) is 14.4 Å². The number of fused-ring (bicyclic) bond motifs is 1. The zero-order chi connectivity index (χ0) is 24.3. The van der Waals surface area contributed by atoms with Crippen LogP contribution in [0.1, 0.15) is 26.3 Å². The van der Waals surface area contributed by atoms with Crippen LogP contribution in [-0.2, 0) is 21.4 Å². The molecular formula is C25H22N2O6S. The molecule has 0 bridgehead atoms. The molecule has 4 rings (SSSR count). The van der Waals surface area contributed by atoms with Crippen LogP contribution in [0.5, 0.6) is 5.75 Å². The summed E-state index contributed by atoms with van der Waals surface area (Å²) in [6, 6.07) is 19.0. The summed E-state index contributed by atoms with van der Waals surface area (Å²) in [5.74, 6) is -1.33. The number of amides is 1. The second-order valence-electron chi connectivity index (χ2n) is 7.67. The van der Waals surface area contributed by atoms with E-state index < -0.39 is 40.1 Å². The number of Topliss-reactive ketones (excluding diaryl/α,β-unsaturated/α-hetero) is 2. The number of hydrogen-bond acceptors (Lipinski definition) is 6. The van der Waals surface area contributed by atoms with Gasteiger partial charge in [0.1, 0.15) is 5.75 Å². The zero-order valence-electron chi connectivity index (χ0n) is 18.3. The highest BCUT2D eigenvalue weighted by atomic mass is 32.2. The maximum atomic E-state index is 13.4. The summed E-state index contributed by atoms with van der Waals surface area (Å²) in [4.78, 5) is 39.1. The van der Waals surface area contributed by atoms with Gasteiger partial charge in [0.2, 0.25) is 15.9 Å². The second kappa shape index (κ2) is 9.58. The van der Waals surface area contributed by atoms with E-state index >= 15 is 0 Å². The van der Waals surface area contributed by atoms with Crippen LogP contribution in [0.3, 0.4) is 0 Å². The number of rotatable bonds is 7. The number of nitrogens with zero attached hydrogens (tertiary/aromatic N) is 1. The van der Waals surface area contributed by atoms with E-state index in [0.29, 0.717) is 10.1 Å². The number of nitrogens with one attached hydrogen (secondary N) is 1. The average molecular weight is 479 g/mol. The minimum Gasteiger partial charge on any atom is -0.497 e. The number of sulfonamides is 1. The molecule has 1 heterocycles.